The van der Waals surface area contributed by atoms with Gasteiger partial charge in [0.2, 0.25) is 5.91 Å². The fourth-order valence-electron chi connectivity index (χ4n) is 2.85. The van der Waals surface area contributed by atoms with Crippen LogP contribution in [0.3, 0.4) is 0 Å². The molecule has 0 aliphatic heterocycles. The lowest BCUT2D eigenvalue weighted by molar-refractivity contribution is -0.126. The smallest absolute Gasteiger partial charge is 0.244 e. The summed E-state index contributed by atoms with van der Waals surface area (Å²) < 4.78 is 1.01. The van der Waals surface area contributed by atoms with Crippen molar-refractivity contribution in [2.75, 3.05) is 0 Å². The van der Waals surface area contributed by atoms with Gasteiger partial charge in [-0.1, -0.05) is 34.8 Å². The van der Waals surface area contributed by atoms with Crippen molar-refractivity contribution in [1.29, 1.82) is 0 Å². The number of hydrogen-bond acceptors (Lipinski definition) is 2. The zero-order chi connectivity index (χ0) is 12.5. The van der Waals surface area contributed by atoms with E-state index in [9.17, 15) is 4.79 Å². The Balaban J connectivity index is 2.53. The number of benzene rings is 1. The van der Waals surface area contributed by atoms with Crippen LogP contribution in [0.15, 0.2) is 22.7 Å². The van der Waals surface area contributed by atoms with Crippen molar-refractivity contribution in [2.45, 2.75) is 38.0 Å². The summed E-state index contributed by atoms with van der Waals surface area (Å²) in [6, 6.07) is 6.10. The molecule has 0 atom stereocenters. The Bertz CT molecular complexity index is 439. The first kappa shape index (κ1) is 12.6. The monoisotopic (exact) mass is 296 g/mol. The maximum absolute atomic E-state index is 12.1. The Morgan fingerprint density at radius 2 is 2.06 bits per heavy atom. The minimum absolute atomic E-state index is 0.0591. The Morgan fingerprint density at radius 1 is 1.41 bits per heavy atom. The van der Waals surface area contributed by atoms with Crippen LogP contribution >= 0.6 is 15.9 Å². The molecule has 1 saturated carbocycles. The highest BCUT2D eigenvalue weighted by Crippen LogP contribution is 2.43. The van der Waals surface area contributed by atoms with Gasteiger partial charge < -0.3 is 0 Å². The third kappa shape index (κ3) is 2.11. The maximum atomic E-state index is 12.1. The Kier molecular flexibility index (Phi) is 3.54. The molecule has 0 radical (unpaired) electrons. The van der Waals surface area contributed by atoms with Gasteiger partial charge in [-0.2, -0.15) is 0 Å². The average molecular weight is 297 g/mol. The summed E-state index contributed by atoms with van der Waals surface area (Å²) in [4.78, 5) is 12.1. The molecule has 0 heterocycles. The van der Waals surface area contributed by atoms with Crippen LogP contribution in [0.1, 0.15) is 36.8 Å². The number of aryl methyl sites for hydroxylation is 1. The van der Waals surface area contributed by atoms with E-state index in [0.717, 1.165) is 41.3 Å². The van der Waals surface area contributed by atoms with Crippen molar-refractivity contribution in [3.8, 4) is 0 Å². The molecule has 0 spiro atoms. The van der Waals surface area contributed by atoms with E-state index in [1.807, 2.05) is 19.1 Å². The van der Waals surface area contributed by atoms with Gasteiger partial charge in [-0.05, 0) is 43.0 Å². The molecule has 3 N–H and O–H groups in total. The fraction of sp³-hybridized carbons (Fsp3) is 0.462. The molecule has 1 aromatic rings. The molecule has 4 heteroatoms. The summed E-state index contributed by atoms with van der Waals surface area (Å²) in [6.45, 7) is 2.05. The number of nitrogens with two attached hydrogens (primary N) is 1. The van der Waals surface area contributed by atoms with E-state index < -0.39 is 5.41 Å². The maximum Gasteiger partial charge on any atom is 0.244 e. The summed E-state index contributed by atoms with van der Waals surface area (Å²) >= 11 is 3.48. The van der Waals surface area contributed by atoms with E-state index in [1.54, 1.807) is 0 Å². The van der Waals surface area contributed by atoms with E-state index in [2.05, 4.69) is 27.4 Å². The van der Waals surface area contributed by atoms with E-state index >= 15 is 0 Å². The van der Waals surface area contributed by atoms with Crippen LogP contribution in [0.5, 0.6) is 0 Å². The van der Waals surface area contributed by atoms with Gasteiger partial charge in [-0.15, -0.1) is 0 Å². The Morgan fingerprint density at radius 3 is 2.65 bits per heavy atom. The lowest BCUT2D eigenvalue weighted by Crippen LogP contribution is -2.46. The highest BCUT2D eigenvalue weighted by atomic mass is 79.9. The second-order valence-corrected chi connectivity index (χ2v) is 5.64. The molecule has 92 valence electrons. The first-order valence-electron chi connectivity index (χ1n) is 5.88. The fourth-order valence-corrected chi connectivity index (χ4v) is 3.21. The standard InChI is InChI=1S/C13H17BrN2O/c1-9-4-5-10(14)8-11(9)13(12(17)16-15)6-2-3-7-13/h4-5,8H,2-3,6-7,15H2,1H3,(H,16,17). The largest absolute Gasteiger partial charge is 0.293 e. The molecule has 17 heavy (non-hydrogen) atoms. The van der Waals surface area contributed by atoms with Gasteiger partial charge in [-0.25, -0.2) is 5.84 Å². The topological polar surface area (TPSA) is 55.1 Å². The number of carbonyl (C=O) groups is 1. The quantitative estimate of drug-likeness (QED) is 0.501. The number of carbonyl (C=O) groups excluding carboxylic acids is 1. The molecular weight excluding hydrogens is 280 g/mol. The average Bonchev–Trinajstić information content (AvgIpc) is 2.81. The molecule has 0 aromatic heterocycles. The van der Waals surface area contributed by atoms with Gasteiger partial charge in [0, 0.05) is 4.47 Å². The zero-order valence-electron chi connectivity index (χ0n) is 9.92. The molecule has 0 saturated heterocycles. The molecule has 1 fully saturated rings. The second-order valence-electron chi connectivity index (χ2n) is 4.72. The van der Waals surface area contributed by atoms with Gasteiger partial charge in [0.25, 0.3) is 0 Å². The third-order valence-corrected chi connectivity index (χ3v) is 4.23. The summed E-state index contributed by atoms with van der Waals surface area (Å²) in [5.74, 6) is 5.29. The van der Waals surface area contributed by atoms with Crippen molar-refractivity contribution in [1.82, 2.24) is 5.43 Å². The minimum atomic E-state index is -0.428. The lowest BCUT2D eigenvalue weighted by Gasteiger charge is -2.29. The van der Waals surface area contributed by atoms with Gasteiger partial charge in [0.15, 0.2) is 0 Å². The number of hydrogen-bond donors (Lipinski definition) is 2. The van der Waals surface area contributed by atoms with Crippen LogP contribution in [-0.2, 0) is 10.2 Å². The second kappa shape index (κ2) is 4.78. The van der Waals surface area contributed by atoms with Crippen molar-refractivity contribution in [3.05, 3.63) is 33.8 Å². The zero-order valence-corrected chi connectivity index (χ0v) is 11.5. The normalized spacial score (nSPS) is 18.1. The summed E-state index contributed by atoms with van der Waals surface area (Å²) in [5, 5.41) is 0. The number of rotatable bonds is 2. The molecule has 2 rings (SSSR count). The van der Waals surface area contributed by atoms with Crippen molar-refractivity contribution >= 4 is 21.8 Å². The van der Waals surface area contributed by atoms with Crippen LogP contribution in [0.25, 0.3) is 0 Å². The molecule has 1 aromatic carbocycles. The molecule has 1 aliphatic carbocycles. The van der Waals surface area contributed by atoms with Crippen LogP contribution < -0.4 is 11.3 Å². The van der Waals surface area contributed by atoms with Gasteiger partial charge in [0.1, 0.15) is 0 Å². The van der Waals surface area contributed by atoms with E-state index in [0.29, 0.717) is 0 Å². The number of hydrazine groups is 1. The molecule has 0 unspecified atom stereocenters. The molecular formula is C13H17BrN2O. The van der Waals surface area contributed by atoms with Gasteiger partial charge in [-0.3, -0.25) is 10.2 Å². The molecule has 3 nitrogen and oxygen atoms in total. The number of halogens is 1. The summed E-state index contributed by atoms with van der Waals surface area (Å²) in [7, 11) is 0. The van der Waals surface area contributed by atoms with Crippen molar-refractivity contribution < 1.29 is 4.79 Å². The number of nitrogens with one attached hydrogen (secondary N) is 1. The highest BCUT2D eigenvalue weighted by molar-refractivity contribution is 9.10. The third-order valence-electron chi connectivity index (χ3n) is 3.74. The van der Waals surface area contributed by atoms with E-state index in [-0.39, 0.29) is 5.91 Å². The lowest BCUT2D eigenvalue weighted by atomic mass is 9.76. The Hall–Kier alpha value is -0.870. The molecule has 1 amide bonds. The van der Waals surface area contributed by atoms with Gasteiger partial charge in [0.05, 0.1) is 5.41 Å². The van der Waals surface area contributed by atoms with E-state index in [1.165, 1.54) is 0 Å². The predicted molar refractivity (Wildman–Crippen MR) is 71.4 cm³/mol. The highest BCUT2D eigenvalue weighted by Gasteiger charge is 2.43. The Labute approximate surface area is 110 Å². The van der Waals surface area contributed by atoms with Crippen molar-refractivity contribution in [2.24, 2.45) is 5.84 Å². The van der Waals surface area contributed by atoms with Crippen LogP contribution in [0.2, 0.25) is 0 Å². The first-order chi connectivity index (χ1) is 8.10. The minimum Gasteiger partial charge on any atom is -0.293 e. The van der Waals surface area contributed by atoms with Crippen LogP contribution in [-0.4, -0.2) is 5.91 Å². The SMILES string of the molecule is Cc1ccc(Br)cc1C1(C(=O)NN)CCCC1. The summed E-state index contributed by atoms with van der Waals surface area (Å²) in [6.07, 6.45) is 3.93. The number of amides is 1. The summed E-state index contributed by atoms with van der Waals surface area (Å²) in [5.41, 5.74) is 4.17. The predicted octanol–water partition coefficient (Wildman–Crippen LogP) is 2.56. The van der Waals surface area contributed by atoms with E-state index in [4.69, 9.17) is 5.84 Å². The first-order valence-corrected chi connectivity index (χ1v) is 6.67. The molecule has 1 aliphatic rings. The van der Waals surface area contributed by atoms with Crippen molar-refractivity contribution in [3.63, 3.8) is 0 Å². The van der Waals surface area contributed by atoms with Crippen LogP contribution in [0.4, 0.5) is 0 Å². The molecule has 0 bridgehead atoms. The van der Waals surface area contributed by atoms with Crippen LogP contribution in [0, 0.1) is 6.92 Å². The van der Waals surface area contributed by atoms with Gasteiger partial charge >= 0.3 is 0 Å².